The van der Waals surface area contributed by atoms with Gasteiger partial charge in [0.2, 0.25) is 0 Å². The Balaban J connectivity index is 2.59. The van der Waals surface area contributed by atoms with Gasteiger partial charge in [0, 0.05) is 20.1 Å². The number of aromatic nitrogens is 2. The first-order valence-corrected chi connectivity index (χ1v) is 4.26. The average Bonchev–Trinajstić information content (AvgIpc) is 2.55. The molecule has 0 aliphatic carbocycles. The van der Waals surface area contributed by atoms with Crippen LogP contribution in [0.15, 0.2) is 6.20 Å². The second-order valence-corrected chi connectivity index (χ2v) is 3.08. The largest absolute Gasteiger partial charge is 0.340 e. The Morgan fingerprint density at radius 2 is 2.58 bits per heavy atom. The number of nitrogens with two attached hydrogens (primary N) is 1. The lowest BCUT2D eigenvalue weighted by Gasteiger charge is -2.13. The SMILES string of the molecule is CN(CCN)C(=O)c1cnns1. The number of carbonyl (C=O) groups excluding carboxylic acids is 1. The van der Waals surface area contributed by atoms with Gasteiger partial charge in [-0.15, -0.1) is 5.10 Å². The van der Waals surface area contributed by atoms with E-state index in [4.69, 9.17) is 5.73 Å². The highest BCUT2D eigenvalue weighted by molar-refractivity contribution is 7.07. The van der Waals surface area contributed by atoms with Crippen molar-refractivity contribution in [2.24, 2.45) is 5.73 Å². The van der Waals surface area contributed by atoms with Crippen molar-refractivity contribution in [2.45, 2.75) is 0 Å². The van der Waals surface area contributed by atoms with Gasteiger partial charge in [0.1, 0.15) is 4.88 Å². The summed E-state index contributed by atoms with van der Waals surface area (Å²) in [4.78, 5) is 13.5. The minimum absolute atomic E-state index is 0.0737. The van der Waals surface area contributed by atoms with Gasteiger partial charge in [0.25, 0.3) is 5.91 Å². The van der Waals surface area contributed by atoms with E-state index in [1.807, 2.05) is 0 Å². The molecule has 0 radical (unpaired) electrons. The first kappa shape index (κ1) is 9.08. The fourth-order valence-electron chi connectivity index (χ4n) is 0.745. The van der Waals surface area contributed by atoms with Crippen LogP contribution in [0.1, 0.15) is 9.67 Å². The van der Waals surface area contributed by atoms with E-state index in [1.165, 1.54) is 6.20 Å². The second-order valence-electron chi connectivity index (χ2n) is 2.30. The van der Waals surface area contributed by atoms with Crippen LogP contribution < -0.4 is 5.73 Å². The van der Waals surface area contributed by atoms with Crippen molar-refractivity contribution in [1.29, 1.82) is 0 Å². The smallest absolute Gasteiger partial charge is 0.267 e. The molecule has 12 heavy (non-hydrogen) atoms. The average molecular weight is 186 g/mol. The van der Waals surface area contributed by atoms with E-state index < -0.39 is 0 Å². The van der Waals surface area contributed by atoms with Crippen molar-refractivity contribution < 1.29 is 4.79 Å². The molecule has 0 saturated carbocycles. The van der Waals surface area contributed by atoms with E-state index in [-0.39, 0.29) is 5.91 Å². The van der Waals surface area contributed by atoms with Crippen molar-refractivity contribution in [2.75, 3.05) is 20.1 Å². The first-order valence-electron chi connectivity index (χ1n) is 3.48. The van der Waals surface area contributed by atoms with Crippen LogP contribution in [-0.4, -0.2) is 40.5 Å². The highest BCUT2D eigenvalue weighted by atomic mass is 32.1. The van der Waals surface area contributed by atoms with Gasteiger partial charge in [-0.1, -0.05) is 4.49 Å². The zero-order chi connectivity index (χ0) is 8.97. The maximum absolute atomic E-state index is 11.4. The first-order chi connectivity index (χ1) is 5.75. The highest BCUT2D eigenvalue weighted by Crippen LogP contribution is 2.04. The van der Waals surface area contributed by atoms with Gasteiger partial charge in [-0.25, -0.2) is 0 Å². The summed E-state index contributed by atoms with van der Waals surface area (Å²) < 4.78 is 3.60. The lowest BCUT2D eigenvalue weighted by atomic mass is 10.4. The molecule has 0 fully saturated rings. The Kier molecular flexibility index (Phi) is 3.12. The summed E-state index contributed by atoms with van der Waals surface area (Å²) in [5, 5.41) is 3.58. The molecule has 0 atom stereocenters. The molecule has 1 aromatic rings. The summed E-state index contributed by atoms with van der Waals surface area (Å²) in [6, 6.07) is 0. The molecule has 0 saturated heterocycles. The lowest BCUT2D eigenvalue weighted by molar-refractivity contribution is 0.0803. The molecule has 0 spiro atoms. The summed E-state index contributed by atoms with van der Waals surface area (Å²) in [7, 11) is 1.70. The second kappa shape index (κ2) is 4.13. The number of hydrogen-bond donors (Lipinski definition) is 1. The number of likely N-dealkylation sites (N-methyl/N-ethyl adjacent to an activating group) is 1. The Morgan fingerprint density at radius 3 is 3.08 bits per heavy atom. The van der Waals surface area contributed by atoms with Crippen molar-refractivity contribution in [1.82, 2.24) is 14.5 Å². The molecule has 0 aliphatic heterocycles. The summed E-state index contributed by atoms with van der Waals surface area (Å²) in [6.45, 7) is 1.02. The number of hydrogen-bond acceptors (Lipinski definition) is 5. The predicted octanol–water partition coefficient (Wildman–Crippen LogP) is -0.431. The fraction of sp³-hybridized carbons (Fsp3) is 0.500. The standard InChI is InChI=1S/C6H10N4OS/c1-10(3-2-7)6(11)5-4-8-9-12-5/h4H,2-3,7H2,1H3. The number of nitrogens with zero attached hydrogens (tertiary/aromatic N) is 3. The van der Waals surface area contributed by atoms with E-state index in [2.05, 4.69) is 9.59 Å². The van der Waals surface area contributed by atoms with Crippen LogP contribution >= 0.6 is 11.5 Å². The minimum atomic E-state index is -0.0737. The van der Waals surface area contributed by atoms with Crippen molar-refractivity contribution in [3.8, 4) is 0 Å². The monoisotopic (exact) mass is 186 g/mol. The van der Waals surface area contributed by atoms with Gasteiger partial charge < -0.3 is 10.6 Å². The lowest BCUT2D eigenvalue weighted by Crippen LogP contribution is -2.31. The number of amides is 1. The molecule has 1 rings (SSSR count). The molecule has 0 bridgehead atoms. The molecule has 6 heteroatoms. The van der Waals surface area contributed by atoms with E-state index >= 15 is 0 Å². The predicted molar refractivity (Wildman–Crippen MR) is 45.9 cm³/mol. The molecule has 1 amide bonds. The van der Waals surface area contributed by atoms with Gasteiger partial charge in [0.15, 0.2) is 0 Å². The van der Waals surface area contributed by atoms with Crippen LogP contribution in [0.4, 0.5) is 0 Å². The molecule has 1 heterocycles. The van der Waals surface area contributed by atoms with Crippen LogP contribution in [0.25, 0.3) is 0 Å². The van der Waals surface area contributed by atoms with Gasteiger partial charge in [-0.2, -0.15) is 0 Å². The van der Waals surface area contributed by atoms with Crippen molar-refractivity contribution in [3.05, 3.63) is 11.1 Å². The van der Waals surface area contributed by atoms with Gasteiger partial charge in [-0.3, -0.25) is 4.79 Å². The van der Waals surface area contributed by atoms with Gasteiger partial charge in [0.05, 0.1) is 6.20 Å². The zero-order valence-electron chi connectivity index (χ0n) is 6.73. The summed E-state index contributed by atoms with van der Waals surface area (Å²) in [5.41, 5.74) is 5.30. The Bertz CT molecular complexity index is 248. The molecule has 66 valence electrons. The van der Waals surface area contributed by atoms with Gasteiger partial charge in [-0.05, 0) is 11.5 Å². The Morgan fingerprint density at radius 1 is 1.83 bits per heavy atom. The van der Waals surface area contributed by atoms with Crippen LogP contribution in [0.2, 0.25) is 0 Å². The van der Waals surface area contributed by atoms with Crippen LogP contribution in [0.3, 0.4) is 0 Å². The third-order valence-electron chi connectivity index (χ3n) is 1.38. The quantitative estimate of drug-likeness (QED) is 0.695. The molecule has 2 N–H and O–H groups in total. The van der Waals surface area contributed by atoms with E-state index in [0.717, 1.165) is 11.5 Å². The molecule has 0 aromatic carbocycles. The summed E-state index contributed by atoms with van der Waals surface area (Å²) in [6.07, 6.45) is 1.46. The number of rotatable bonds is 3. The topological polar surface area (TPSA) is 72.1 Å². The Hall–Kier alpha value is -1.01. The molecule has 5 nitrogen and oxygen atoms in total. The third-order valence-corrected chi connectivity index (χ3v) is 2.04. The minimum Gasteiger partial charge on any atom is -0.340 e. The maximum Gasteiger partial charge on any atom is 0.267 e. The normalized spacial score (nSPS) is 9.83. The van der Waals surface area contributed by atoms with Gasteiger partial charge >= 0.3 is 0 Å². The fourth-order valence-corrected chi connectivity index (χ4v) is 1.26. The molecular weight excluding hydrogens is 176 g/mol. The summed E-state index contributed by atoms with van der Waals surface area (Å²) >= 11 is 1.09. The number of carbonyl (C=O) groups is 1. The van der Waals surface area contributed by atoms with E-state index in [0.29, 0.717) is 18.0 Å². The zero-order valence-corrected chi connectivity index (χ0v) is 7.54. The van der Waals surface area contributed by atoms with Crippen LogP contribution in [0, 0.1) is 0 Å². The van der Waals surface area contributed by atoms with Crippen molar-refractivity contribution >= 4 is 17.4 Å². The molecule has 0 aliphatic rings. The Labute approximate surface area is 74.3 Å². The van der Waals surface area contributed by atoms with Crippen LogP contribution in [0.5, 0.6) is 0 Å². The van der Waals surface area contributed by atoms with E-state index in [1.54, 1.807) is 11.9 Å². The summed E-state index contributed by atoms with van der Waals surface area (Å²) in [5.74, 6) is -0.0737. The van der Waals surface area contributed by atoms with Crippen molar-refractivity contribution in [3.63, 3.8) is 0 Å². The highest BCUT2D eigenvalue weighted by Gasteiger charge is 2.12. The molecule has 1 aromatic heterocycles. The third kappa shape index (κ3) is 1.99. The molecule has 0 unspecified atom stereocenters. The maximum atomic E-state index is 11.4. The van der Waals surface area contributed by atoms with E-state index in [9.17, 15) is 4.79 Å². The van der Waals surface area contributed by atoms with Crippen LogP contribution in [-0.2, 0) is 0 Å². The molecular formula is C6H10N4OS.